The zero-order valence-electron chi connectivity index (χ0n) is 70.5. The molecular weight excluding hydrogens is 1290 g/mol. The average molecular weight is 1470 g/mol. The largest absolute Gasteiger partial charge is 0.389 e. The van der Waals surface area contributed by atoms with Crippen molar-refractivity contribution in [2.45, 2.75) is 489 Å². The summed E-state index contributed by atoms with van der Waals surface area (Å²) in [5.74, 6) is 0. The molecule has 4 atom stereocenters. The third-order valence-electron chi connectivity index (χ3n) is 22.1. The first-order valence-corrected chi connectivity index (χ1v) is 47.0. The molecule has 0 aliphatic carbocycles. The molecule has 0 radical (unpaired) electrons. The van der Waals surface area contributed by atoms with Gasteiger partial charge in [0, 0.05) is 64.0 Å². The SMILES string of the molecule is CCCCCCCCCCCCCCCCCCCOCC(O)CN(CC(O)COCCCCCCCCCCCCCCCCCCC)c1ccc(N(CC(O)COCCCCCCCCCCCCCCCCCCC)CC(O)COCCCCCCCCCCCCCCCCCCC)cc1. The number of hydrogen-bond acceptors (Lipinski definition) is 10. The Kier molecular flexibility index (Phi) is 81.1. The molecule has 1 aromatic rings. The molecule has 0 heterocycles. The fraction of sp³-hybridized carbons (Fsp3) is 0.936. The van der Waals surface area contributed by atoms with E-state index in [4.69, 9.17) is 18.9 Å². The van der Waals surface area contributed by atoms with Gasteiger partial charge in [-0.2, -0.15) is 0 Å². The molecule has 0 saturated heterocycles. The predicted octanol–water partition coefficient (Wildman–Crippen LogP) is 27.4. The van der Waals surface area contributed by atoms with Crippen LogP contribution in [-0.4, -0.2) is 124 Å². The molecule has 4 unspecified atom stereocenters. The number of hydrogen-bond donors (Lipinski definition) is 4. The van der Waals surface area contributed by atoms with E-state index >= 15 is 0 Å². The number of nitrogens with zero attached hydrogens (tertiary/aromatic N) is 2. The van der Waals surface area contributed by atoms with E-state index in [2.05, 4.69) is 37.5 Å². The van der Waals surface area contributed by atoms with Crippen LogP contribution in [0.5, 0.6) is 0 Å². The van der Waals surface area contributed by atoms with Gasteiger partial charge in [-0.3, -0.25) is 0 Å². The molecule has 10 heteroatoms. The molecule has 618 valence electrons. The second-order valence-electron chi connectivity index (χ2n) is 32.9. The van der Waals surface area contributed by atoms with Gasteiger partial charge < -0.3 is 49.2 Å². The van der Waals surface area contributed by atoms with E-state index in [0.717, 1.165) is 62.7 Å². The highest BCUT2D eigenvalue weighted by Gasteiger charge is 2.21. The van der Waals surface area contributed by atoms with Crippen LogP contribution in [0.1, 0.15) is 464 Å². The quantitative estimate of drug-likeness (QED) is 0.0469. The standard InChI is InChI=1S/C94H184N2O8/c1-5-9-13-17-21-25-29-33-37-41-45-49-53-57-61-65-69-77-101-85-91(97)81-95(82-92(98)86-102-78-70-66-62-58-54-50-46-42-38-34-30-26-22-18-14-10-6-2)89-73-75-90(76-74-89)96(83-93(99)87-103-79-71-67-63-59-55-51-47-43-39-35-31-27-23-19-15-11-7-3)84-94(100)88-104-80-72-68-64-60-56-52-48-44-40-36-32-28-24-20-16-12-8-4/h73-76,91-94,97-100H,5-72,77-88H2,1-4H3. The maximum Gasteiger partial charge on any atom is 0.0948 e. The predicted molar refractivity (Wildman–Crippen MR) is 455 cm³/mol. The average Bonchev–Trinajstić information content (AvgIpc) is 0.843. The van der Waals surface area contributed by atoms with Gasteiger partial charge in [0.15, 0.2) is 0 Å². The Balaban J connectivity index is 2.82. The van der Waals surface area contributed by atoms with Crippen molar-refractivity contribution in [3.05, 3.63) is 24.3 Å². The summed E-state index contributed by atoms with van der Waals surface area (Å²) >= 11 is 0. The minimum absolute atomic E-state index is 0.242. The summed E-state index contributed by atoms with van der Waals surface area (Å²) in [4.78, 5) is 4.12. The summed E-state index contributed by atoms with van der Waals surface area (Å²) in [6.07, 6.45) is 88.2. The zero-order valence-corrected chi connectivity index (χ0v) is 70.5. The van der Waals surface area contributed by atoms with E-state index in [1.54, 1.807) is 0 Å². The Morgan fingerprint density at radius 3 is 0.433 bits per heavy atom. The summed E-state index contributed by atoms with van der Waals surface area (Å²) in [6.45, 7) is 14.0. The zero-order chi connectivity index (χ0) is 74.8. The monoisotopic (exact) mass is 1470 g/mol. The molecule has 104 heavy (non-hydrogen) atoms. The summed E-state index contributed by atoms with van der Waals surface area (Å²) in [6, 6.07) is 8.17. The van der Waals surface area contributed by atoms with Crippen molar-refractivity contribution in [3.63, 3.8) is 0 Å². The van der Waals surface area contributed by atoms with Crippen molar-refractivity contribution < 1.29 is 39.4 Å². The fourth-order valence-corrected chi connectivity index (χ4v) is 15.3. The maximum atomic E-state index is 11.5. The second kappa shape index (κ2) is 84.0. The van der Waals surface area contributed by atoms with E-state index in [9.17, 15) is 20.4 Å². The first kappa shape index (κ1) is 101. The van der Waals surface area contributed by atoms with E-state index in [1.165, 1.54) is 385 Å². The van der Waals surface area contributed by atoms with Crippen molar-refractivity contribution in [2.75, 3.05) is 88.8 Å². The number of anilines is 2. The molecule has 0 spiro atoms. The van der Waals surface area contributed by atoms with Gasteiger partial charge in [-0.1, -0.05) is 439 Å². The summed E-state index contributed by atoms with van der Waals surface area (Å²) in [7, 11) is 0. The normalized spacial score (nSPS) is 13.0. The molecule has 0 aliphatic rings. The van der Waals surface area contributed by atoms with E-state index in [0.29, 0.717) is 52.6 Å². The van der Waals surface area contributed by atoms with Gasteiger partial charge in [0.1, 0.15) is 0 Å². The Morgan fingerprint density at radius 1 is 0.192 bits per heavy atom. The van der Waals surface area contributed by atoms with Crippen LogP contribution >= 0.6 is 0 Å². The van der Waals surface area contributed by atoms with Crippen molar-refractivity contribution >= 4 is 11.4 Å². The number of aliphatic hydroxyl groups excluding tert-OH is 4. The lowest BCUT2D eigenvalue weighted by Gasteiger charge is -2.32. The molecule has 0 aromatic heterocycles. The highest BCUT2D eigenvalue weighted by Crippen LogP contribution is 2.25. The first-order chi connectivity index (χ1) is 51.3. The number of ether oxygens (including phenoxy) is 4. The highest BCUT2D eigenvalue weighted by atomic mass is 16.5. The summed E-state index contributed by atoms with van der Waals surface area (Å²) in [5, 5.41) is 46.0. The lowest BCUT2D eigenvalue weighted by atomic mass is 10.0. The smallest absolute Gasteiger partial charge is 0.0948 e. The molecule has 0 aliphatic heterocycles. The fourth-order valence-electron chi connectivity index (χ4n) is 15.3. The molecule has 10 nitrogen and oxygen atoms in total. The summed E-state index contributed by atoms with van der Waals surface area (Å²) in [5.41, 5.74) is 1.76. The Hall–Kier alpha value is -1.50. The molecule has 0 bridgehead atoms. The van der Waals surface area contributed by atoms with Gasteiger partial charge in [0.05, 0.1) is 50.8 Å². The molecule has 0 amide bonds. The van der Waals surface area contributed by atoms with Crippen LogP contribution in [0.3, 0.4) is 0 Å². The highest BCUT2D eigenvalue weighted by molar-refractivity contribution is 5.57. The van der Waals surface area contributed by atoms with Crippen LogP contribution in [-0.2, 0) is 18.9 Å². The Bertz CT molecular complexity index is 1520. The lowest BCUT2D eigenvalue weighted by molar-refractivity contribution is 0.0282. The van der Waals surface area contributed by atoms with Gasteiger partial charge in [0.25, 0.3) is 0 Å². The van der Waals surface area contributed by atoms with Crippen LogP contribution < -0.4 is 9.80 Å². The van der Waals surface area contributed by atoms with Crippen LogP contribution in [0.2, 0.25) is 0 Å². The van der Waals surface area contributed by atoms with Crippen molar-refractivity contribution in [1.82, 2.24) is 0 Å². The molecular formula is C94H184N2O8. The molecule has 4 N–H and O–H groups in total. The molecule has 1 aromatic carbocycles. The van der Waals surface area contributed by atoms with Crippen LogP contribution in [0.25, 0.3) is 0 Å². The number of unbranched alkanes of at least 4 members (excludes halogenated alkanes) is 64. The van der Waals surface area contributed by atoms with Gasteiger partial charge in [-0.05, 0) is 49.9 Å². The third-order valence-corrected chi connectivity index (χ3v) is 22.1. The van der Waals surface area contributed by atoms with Crippen LogP contribution in [0.4, 0.5) is 11.4 Å². The van der Waals surface area contributed by atoms with Crippen molar-refractivity contribution in [3.8, 4) is 0 Å². The maximum absolute atomic E-state index is 11.5. The van der Waals surface area contributed by atoms with Crippen molar-refractivity contribution in [2.24, 2.45) is 0 Å². The van der Waals surface area contributed by atoms with E-state index < -0.39 is 24.4 Å². The van der Waals surface area contributed by atoms with E-state index in [1.807, 2.05) is 24.3 Å². The topological polar surface area (TPSA) is 124 Å². The van der Waals surface area contributed by atoms with Crippen LogP contribution in [0.15, 0.2) is 24.3 Å². The Morgan fingerprint density at radius 2 is 0.308 bits per heavy atom. The molecule has 0 saturated carbocycles. The van der Waals surface area contributed by atoms with Gasteiger partial charge in [0.2, 0.25) is 0 Å². The van der Waals surface area contributed by atoms with Gasteiger partial charge >= 0.3 is 0 Å². The minimum Gasteiger partial charge on any atom is -0.389 e. The van der Waals surface area contributed by atoms with Crippen molar-refractivity contribution in [1.29, 1.82) is 0 Å². The van der Waals surface area contributed by atoms with E-state index in [-0.39, 0.29) is 26.4 Å². The van der Waals surface area contributed by atoms with Gasteiger partial charge in [-0.25, -0.2) is 0 Å². The number of aliphatic hydroxyl groups is 4. The summed E-state index contributed by atoms with van der Waals surface area (Å²) < 4.78 is 24.4. The molecule has 0 fully saturated rings. The molecule has 1 rings (SSSR count). The first-order valence-electron chi connectivity index (χ1n) is 47.0. The number of benzene rings is 1. The Labute approximate surface area is 649 Å². The van der Waals surface area contributed by atoms with Crippen LogP contribution in [0, 0.1) is 0 Å². The van der Waals surface area contributed by atoms with Gasteiger partial charge in [-0.15, -0.1) is 0 Å². The third kappa shape index (κ3) is 73.3. The number of rotatable bonds is 90. The minimum atomic E-state index is -0.738. The second-order valence-corrected chi connectivity index (χ2v) is 32.9. The lowest BCUT2D eigenvalue weighted by Crippen LogP contribution is -2.42.